The highest BCUT2D eigenvalue weighted by Gasteiger charge is 2.28. The SMILES string of the molecule is CCc1nn(C)c(NC2CCC(CC)CC2)c1[N+](=O)[O-]. The van der Waals surface area contributed by atoms with Crippen LogP contribution in [0.3, 0.4) is 0 Å². The van der Waals surface area contributed by atoms with Gasteiger partial charge in [0.25, 0.3) is 0 Å². The van der Waals surface area contributed by atoms with Crippen molar-refractivity contribution in [1.82, 2.24) is 9.78 Å². The molecular formula is C14H24N4O2. The van der Waals surface area contributed by atoms with Crippen LogP contribution >= 0.6 is 0 Å². The van der Waals surface area contributed by atoms with Gasteiger partial charge in [-0.3, -0.25) is 10.1 Å². The van der Waals surface area contributed by atoms with Crippen molar-refractivity contribution in [2.75, 3.05) is 5.32 Å². The zero-order chi connectivity index (χ0) is 14.7. The molecular weight excluding hydrogens is 256 g/mol. The summed E-state index contributed by atoms with van der Waals surface area (Å²) in [6.45, 7) is 4.13. The molecule has 112 valence electrons. The second-order valence-electron chi connectivity index (χ2n) is 5.65. The Morgan fingerprint density at radius 1 is 1.35 bits per heavy atom. The summed E-state index contributed by atoms with van der Waals surface area (Å²) in [4.78, 5) is 11.0. The highest BCUT2D eigenvalue weighted by molar-refractivity contribution is 5.60. The number of rotatable bonds is 5. The molecule has 0 aromatic carbocycles. The lowest BCUT2D eigenvalue weighted by molar-refractivity contribution is -0.384. The van der Waals surface area contributed by atoms with Crippen LogP contribution in [0.25, 0.3) is 0 Å². The highest BCUT2D eigenvalue weighted by atomic mass is 16.6. The van der Waals surface area contributed by atoms with Gasteiger partial charge in [-0.2, -0.15) is 5.10 Å². The number of anilines is 1. The summed E-state index contributed by atoms with van der Waals surface area (Å²) in [5.74, 6) is 1.38. The number of aromatic nitrogens is 2. The van der Waals surface area contributed by atoms with E-state index in [1.54, 1.807) is 11.7 Å². The van der Waals surface area contributed by atoms with Crippen molar-refractivity contribution in [2.24, 2.45) is 13.0 Å². The fraction of sp³-hybridized carbons (Fsp3) is 0.786. The van der Waals surface area contributed by atoms with Gasteiger partial charge in [-0.05, 0) is 38.0 Å². The molecule has 1 fully saturated rings. The van der Waals surface area contributed by atoms with Gasteiger partial charge in [0.2, 0.25) is 5.82 Å². The predicted molar refractivity (Wildman–Crippen MR) is 78.9 cm³/mol. The molecule has 1 N–H and O–H groups in total. The van der Waals surface area contributed by atoms with E-state index < -0.39 is 0 Å². The molecule has 0 atom stereocenters. The first-order valence-electron chi connectivity index (χ1n) is 7.53. The van der Waals surface area contributed by atoms with Gasteiger partial charge in [-0.1, -0.05) is 20.3 Å². The molecule has 0 radical (unpaired) electrons. The minimum Gasteiger partial charge on any atom is -0.362 e. The van der Waals surface area contributed by atoms with Gasteiger partial charge in [-0.25, -0.2) is 4.68 Å². The third kappa shape index (κ3) is 2.94. The molecule has 0 aliphatic heterocycles. The third-order valence-corrected chi connectivity index (χ3v) is 4.37. The normalized spacial score (nSPS) is 22.8. The lowest BCUT2D eigenvalue weighted by Gasteiger charge is -2.28. The van der Waals surface area contributed by atoms with Crippen molar-refractivity contribution >= 4 is 11.5 Å². The standard InChI is InChI=1S/C14H24N4O2/c1-4-10-6-8-11(9-7-10)15-14-13(18(19)20)12(5-2)16-17(14)3/h10-11,15H,4-9H2,1-3H3. The number of hydrogen-bond donors (Lipinski definition) is 1. The maximum atomic E-state index is 11.3. The second kappa shape index (κ2) is 6.24. The molecule has 20 heavy (non-hydrogen) atoms. The van der Waals surface area contributed by atoms with E-state index in [-0.39, 0.29) is 10.6 Å². The number of nitrogens with one attached hydrogen (secondary N) is 1. The fourth-order valence-electron chi connectivity index (χ4n) is 3.07. The van der Waals surface area contributed by atoms with Gasteiger partial charge in [0.05, 0.1) is 4.92 Å². The number of nitro groups is 1. The minimum absolute atomic E-state index is 0.146. The number of hydrogen-bond acceptors (Lipinski definition) is 4. The Morgan fingerprint density at radius 2 is 2.00 bits per heavy atom. The molecule has 1 aliphatic rings. The lowest BCUT2D eigenvalue weighted by Crippen LogP contribution is -2.27. The quantitative estimate of drug-likeness (QED) is 0.663. The van der Waals surface area contributed by atoms with E-state index in [9.17, 15) is 10.1 Å². The fourth-order valence-corrected chi connectivity index (χ4v) is 3.07. The van der Waals surface area contributed by atoms with Gasteiger partial charge in [0, 0.05) is 13.1 Å². The zero-order valence-corrected chi connectivity index (χ0v) is 12.6. The van der Waals surface area contributed by atoms with Crippen LogP contribution in [-0.2, 0) is 13.5 Å². The maximum absolute atomic E-state index is 11.3. The molecule has 1 aromatic heterocycles. The van der Waals surface area contributed by atoms with Crippen molar-refractivity contribution in [3.05, 3.63) is 15.8 Å². The van der Waals surface area contributed by atoms with Crippen molar-refractivity contribution in [2.45, 2.75) is 58.4 Å². The van der Waals surface area contributed by atoms with E-state index in [1.165, 1.54) is 19.3 Å². The zero-order valence-electron chi connectivity index (χ0n) is 12.6. The first-order valence-corrected chi connectivity index (χ1v) is 7.53. The highest BCUT2D eigenvalue weighted by Crippen LogP contribution is 2.33. The van der Waals surface area contributed by atoms with E-state index in [0.717, 1.165) is 18.8 Å². The minimum atomic E-state index is -0.314. The Bertz CT molecular complexity index is 476. The third-order valence-electron chi connectivity index (χ3n) is 4.37. The summed E-state index contributed by atoms with van der Waals surface area (Å²) in [5.41, 5.74) is 0.704. The summed E-state index contributed by atoms with van der Waals surface area (Å²) < 4.78 is 1.61. The Balaban J connectivity index is 2.13. The van der Waals surface area contributed by atoms with Crippen LogP contribution in [0.2, 0.25) is 0 Å². The van der Waals surface area contributed by atoms with Gasteiger partial charge in [-0.15, -0.1) is 0 Å². The summed E-state index contributed by atoms with van der Waals surface area (Å²) in [6.07, 6.45) is 6.40. The first-order chi connectivity index (χ1) is 9.56. The largest absolute Gasteiger partial charge is 0.362 e. The van der Waals surface area contributed by atoms with Gasteiger partial charge < -0.3 is 5.32 Å². The Labute approximate surface area is 119 Å². The second-order valence-corrected chi connectivity index (χ2v) is 5.65. The maximum Gasteiger partial charge on any atom is 0.333 e. The predicted octanol–water partition coefficient (Wildman–Crippen LogP) is 3.27. The number of nitrogens with zero attached hydrogens (tertiary/aromatic N) is 3. The Morgan fingerprint density at radius 3 is 2.50 bits per heavy atom. The van der Waals surface area contributed by atoms with Crippen LogP contribution in [0, 0.1) is 16.0 Å². The topological polar surface area (TPSA) is 73.0 Å². The average Bonchev–Trinajstić information content (AvgIpc) is 2.76. The van der Waals surface area contributed by atoms with E-state index in [0.29, 0.717) is 24.0 Å². The van der Waals surface area contributed by atoms with E-state index in [1.807, 2.05) is 6.92 Å². The van der Waals surface area contributed by atoms with Gasteiger partial charge >= 0.3 is 5.69 Å². The van der Waals surface area contributed by atoms with Crippen LogP contribution in [0.15, 0.2) is 0 Å². The van der Waals surface area contributed by atoms with Crippen LogP contribution in [0.4, 0.5) is 11.5 Å². The van der Waals surface area contributed by atoms with Crippen LogP contribution in [0.5, 0.6) is 0 Å². The molecule has 1 aliphatic carbocycles. The molecule has 0 bridgehead atoms. The van der Waals surface area contributed by atoms with Crippen LogP contribution in [0.1, 0.15) is 51.6 Å². The summed E-state index contributed by atoms with van der Waals surface area (Å²) in [5, 5.41) is 18.9. The van der Waals surface area contributed by atoms with Crippen molar-refractivity contribution < 1.29 is 4.92 Å². The molecule has 0 unspecified atom stereocenters. The molecule has 6 heteroatoms. The smallest absolute Gasteiger partial charge is 0.333 e. The lowest BCUT2D eigenvalue weighted by atomic mass is 9.84. The average molecular weight is 280 g/mol. The number of aryl methyl sites for hydroxylation is 2. The summed E-state index contributed by atoms with van der Waals surface area (Å²) in [7, 11) is 1.77. The molecule has 1 heterocycles. The molecule has 0 amide bonds. The van der Waals surface area contributed by atoms with Crippen LogP contribution < -0.4 is 5.32 Å². The first kappa shape index (κ1) is 14.8. The van der Waals surface area contributed by atoms with Crippen molar-refractivity contribution in [3.8, 4) is 0 Å². The molecule has 1 aromatic rings. The summed E-state index contributed by atoms with van der Waals surface area (Å²) >= 11 is 0. The Kier molecular flexibility index (Phi) is 4.62. The van der Waals surface area contributed by atoms with Crippen molar-refractivity contribution in [1.29, 1.82) is 0 Å². The monoisotopic (exact) mass is 280 g/mol. The van der Waals surface area contributed by atoms with Crippen LogP contribution in [-0.4, -0.2) is 20.7 Å². The summed E-state index contributed by atoms with van der Waals surface area (Å²) in [6, 6.07) is 0.330. The van der Waals surface area contributed by atoms with Crippen molar-refractivity contribution in [3.63, 3.8) is 0 Å². The van der Waals surface area contributed by atoms with E-state index in [2.05, 4.69) is 17.3 Å². The molecule has 6 nitrogen and oxygen atoms in total. The van der Waals surface area contributed by atoms with E-state index >= 15 is 0 Å². The molecule has 0 spiro atoms. The van der Waals surface area contributed by atoms with E-state index in [4.69, 9.17) is 0 Å². The van der Waals surface area contributed by atoms with Gasteiger partial charge in [0.1, 0.15) is 5.69 Å². The Hall–Kier alpha value is -1.59. The molecule has 0 saturated heterocycles. The molecule has 2 rings (SSSR count). The molecule has 1 saturated carbocycles. The van der Waals surface area contributed by atoms with Gasteiger partial charge in [0.15, 0.2) is 0 Å².